The summed E-state index contributed by atoms with van der Waals surface area (Å²) in [5.74, 6) is 0. The van der Waals surface area contributed by atoms with E-state index in [4.69, 9.17) is 10.5 Å². The Kier molecular flexibility index (Phi) is 3.38. The van der Waals surface area contributed by atoms with Gasteiger partial charge in [-0.05, 0) is 31.7 Å². The van der Waals surface area contributed by atoms with Gasteiger partial charge in [-0.3, -0.25) is 4.68 Å². The molecule has 2 atom stereocenters. The summed E-state index contributed by atoms with van der Waals surface area (Å²) in [5, 5.41) is 4.27. The largest absolute Gasteiger partial charge is 0.372 e. The Hall–Kier alpha value is -0.870. The van der Waals surface area contributed by atoms with Crippen LogP contribution in [0.25, 0.3) is 0 Å². The van der Waals surface area contributed by atoms with Gasteiger partial charge in [0.2, 0.25) is 0 Å². The predicted molar refractivity (Wildman–Crippen MR) is 58.2 cm³/mol. The SMILES string of the molecule is Cn1ccc(COC2CCCC(N)C2)n1. The van der Waals surface area contributed by atoms with Crippen LogP contribution in [0.2, 0.25) is 0 Å². The van der Waals surface area contributed by atoms with Crippen LogP contribution in [0, 0.1) is 0 Å². The summed E-state index contributed by atoms with van der Waals surface area (Å²) in [5.41, 5.74) is 6.90. The highest BCUT2D eigenvalue weighted by Crippen LogP contribution is 2.20. The van der Waals surface area contributed by atoms with Gasteiger partial charge >= 0.3 is 0 Å². The third kappa shape index (κ3) is 3.04. The van der Waals surface area contributed by atoms with Crippen molar-refractivity contribution in [2.45, 2.75) is 44.4 Å². The Bertz CT molecular complexity index is 311. The average Bonchev–Trinajstić information content (AvgIpc) is 2.62. The Labute approximate surface area is 90.4 Å². The molecule has 1 aliphatic rings. The molecule has 0 spiro atoms. The van der Waals surface area contributed by atoms with Gasteiger partial charge in [-0.15, -0.1) is 0 Å². The van der Waals surface area contributed by atoms with Gasteiger partial charge in [-0.25, -0.2) is 0 Å². The van der Waals surface area contributed by atoms with Gasteiger partial charge in [0.05, 0.1) is 18.4 Å². The highest BCUT2D eigenvalue weighted by atomic mass is 16.5. The lowest BCUT2D eigenvalue weighted by molar-refractivity contribution is 0.0105. The molecule has 1 heterocycles. The number of aromatic nitrogens is 2. The lowest BCUT2D eigenvalue weighted by Crippen LogP contribution is -2.32. The van der Waals surface area contributed by atoms with Crippen LogP contribution < -0.4 is 5.73 Å². The van der Waals surface area contributed by atoms with E-state index in [1.165, 1.54) is 6.42 Å². The van der Waals surface area contributed by atoms with Crippen molar-refractivity contribution in [1.29, 1.82) is 0 Å². The second-order valence-electron chi connectivity index (χ2n) is 4.34. The molecule has 4 heteroatoms. The minimum atomic E-state index is 0.326. The van der Waals surface area contributed by atoms with Gasteiger partial charge in [0.15, 0.2) is 0 Å². The zero-order valence-electron chi connectivity index (χ0n) is 9.22. The molecule has 1 saturated carbocycles. The molecular weight excluding hydrogens is 190 g/mol. The molecule has 0 bridgehead atoms. The van der Waals surface area contributed by atoms with Crippen LogP contribution in [0.4, 0.5) is 0 Å². The zero-order valence-corrected chi connectivity index (χ0v) is 9.22. The average molecular weight is 209 g/mol. The van der Waals surface area contributed by atoms with E-state index in [1.807, 2.05) is 19.3 Å². The van der Waals surface area contributed by atoms with Gasteiger partial charge in [0, 0.05) is 19.3 Å². The standard InChI is InChI=1S/C11H19N3O/c1-14-6-5-10(13-14)8-15-11-4-2-3-9(12)7-11/h5-6,9,11H,2-4,7-8,12H2,1H3. The Morgan fingerprint density at radius 1 is 1.60 bits per heavy atom. The summed E-state index contributed by atoms with van der Waals surface area (Å²) in [4.78, 5) is 0. The monoisotopic (exact) mass is 209 g/mol. The number of rotatable bonds is 3. The Morgan fingerprint density at radius 2 is 2.47 bits per heavy atom. The molecule has 1 fully saturated rings. The van der Waals surface area contributed by atoms with E-state index in [-0.39, 0.29) is 0 Å². The van der Waals surface area contributed by atoms with Gasteiger partial charge < -0.3 is 10.5 Å². The van der Waals surface area contributed by atoms with Crippen LogP contribution in [0.3, 0.4) is 0 Å². The molecule has 1 aliphatic carbocycles. The fourth-order valence-corrected chi connectivity index (χ4v) is 2.08. The molecule has 0 aromatic carbocycles. The molecular formula is C11H19N3O. The summed E-state index contributed by atoms with van der Waals surface area (Å²) in [6.07, 6.45) is 6.73. The summed E-state index contributed by atoms with van der Waals surface area (Å²) in [6.45, 7) is 0.609. The fourth-order valence-electron chi connectivity index (χ4n) is 2.08. The third-order valence-electron chi connectivity index (χ3n) is 2.90. The van der Waals surface area contributed by atoms with Crippen LogP contribution in [-0.4, -0.2) is 21.9 Å². The third-order valence-corrected chi connectivity index (χ3v) is 2.90. The molecule has 0 saturated heterocycles. The van der Waals surface area contributed by atoms with Crippen LogP contribution >= 0.6 is 0 Å². The quantitative estimate of drug-likeness (QED) is 0.814. The molecule has 0 aliphatic heterocycles. The van der Waals surface area contributed by atoms with Crippen molar-refractivity contribution < 1.29 is 4.74 Å². The second-order valence-corrected chi connectivity index (χ2v) is 4.34. The molecule has 1 aromatic heterocycles. The molecule has 1 aromatic rings. The van der Waals surface area contributed by atoms with Crippen molar-refractivity contribution in [2.24, 2.45) is 12.8 Å². The topological polar surface area (TPSA) is 53.1 Å². The predicted octanol–water partition coefficient (Wildman–Crippen LogP) is 1.21. The Morgan fingerprint density at radius 3 is 3.13 bits per heavy atom. The van der Waals surface area contributed by atoms with E-state index >= 15 is 0 Å². The molecule has 0 radical (unpaired) electrons. The van der Waals surface area contributed by atoms with Gasteiger partial charge in [0.1, 0.15) is 0 Å². The van der Waals surface area contributed by atoms with Crippen LogP contribution in [-0.2, 0) is 18.4 Å². The first-order valence-electron chi connectivity index (χ1n) is 5.60. The molecule has 15 heavy (non-hydrogen) atoms. The van der Waals surface area contributed by atoms with Crippen molar-refractivity contribution in [2.75, 3.05) is 0 Å². The van der Waals surface area contributed by atoms with Crippen molar-refractivity contribution in [3.05, 3.63) is 18.0 Å². The summed E-state index contributed by atoms with van der Waals surface area (Å²) >= 11 is 0. The highest BCUT2D eigenvalue weighted by Gasteiger charge is 2.19. The molecule has 4 nitrogen and oxygen atoms in total. The Balaban J connectivity index is 1.77. The van der Waals surface area contributed by atoms with E-state index < -0.39 is 0 Å². The molecule has 84 valence electrons. The van der Waals surface area contributed by atoms with Gasteiger partial charge in [-0.2, -0.15) is 5.10 Å². The number of nitrogens with zero attached hydrogens (tertiary/aromatic N) is 2. The zero-order chi connectivity index (χ0) is 10.7. The van der Waals surface area contributed by atoms with Crippen molar-refractivity contribution in [3.63, 3.8) is 0 Å². The highest BCUT2D eigenvalue weighted by molar-refractivity contribution is 4.96. The molecule has 0 amide bonds. The van der Waals surface area contributed by atoms with Gasteiger partial charge in [0.25, 0.3) is 0 Å². The van der Waals surface area contributed by atoms with Crippen LogP contribution in [0.5, 0.6) is 0 Å². The van der Waals surface area contributed by atoms with Crippen LogP contribution in [0.15, 0.2) is 12.3 Å². The van der Waals surface area contributed by atoms with E-state index in [0.29, 0.717) is 18.8 Å². The smallest absolute Gasteiger partial charge is 0.0910 e. The minimum Gasteiger partial charge on any atom is -0.372 e. The normalized spacial score (nSPS) is 26.8. The lowest BCUT2D eigenvalue weighted by Gasteiger charge is -2.26. The van der Waals surface area contributed by atoms with Crippen molar-refractivity contribution in [1.82, 2.24) is 9.78 Å². The first-order chi connectivity index (χ1) is 7.24. The summed E-state index contributed by atoms with van der Waals surface area (Å²) in [6, 6.07) is 2.32. The molecule has 2 unspecified atom stereocenters. The number of ether oxygens (including phenoxy) is 1. The van der Waals surface area contributed by atoms with E-state index in [1.54, 1.807) is 4.68 Å². The van der Waals surface area contributed by atoms with E-state index in [9.17, 15) is 0 Å². The number of aryl methyl sites for hydroxylation is 1. The second kappa shape index (κ2) is 4.77. The lowest BCUT2D eigenvalue weighted by atomic mass is 9.94. The number of hydrogen-bond donors (Lipinski definition) is 1. The van der Waals surface area contributed by atoms with Crippen LogP contribution in [0.1, 0.15) is 31.4 Å². The van der Waals surface area contributed by atoms with E-state index in [0.717, 1.165) is 25.0 Å². The van der Waals surface area contributed by atoms with Crippen molar-refractivity contribution >= 4 is 0 Å². The van der Waals surface area contributed by atoms with E-state index in [2.05, 4.69) is 5.10 Å². The first-order valence-corrected chi connectivity index (χ1v) is 5.60. The maximum absolute atomic E-state index is 5.90. The maximum Gasteiger partial charge on any atom is 0.0910 e. The fraction of sp³-hybridized carbons (Fsp3) is 0.727. The maximum atomic E-state index is 5.90. The molecule has 2 N–H and O–H groups in total. The summed E-state index contributed by atoms with van der Waals surface area (Å²) < 4.78 is 7.59. The van der Waals surface area contributed by atoms with Crippen molar-refractivity contribution in [3.8, 4) is 0 Å². The molecule has 2 rings (SSSR count). The number of hydrogen-bond acceptors (Lipinski definition) is 3. The summed E-state index contributed by atoms with van der Waals surface area (Å²) in [7, 11) is 1.92. The first kappa shape index (κ1) is 10.6. The van der Waals surface area contributed by atoms with Gasteiger partial charge in [-0.1, -0.05) is 0 Å². The minimum absolute atomic E-state index is 0.326. The number of nitrogens with two attached hydrogens (primary N) is 1.